The van der Waals surface area contributed by atoms with Crippen molar-refractivity contribution >= 4 is 21.4 Å². The van der Waals surface area contributed by atoms with Crippen LogP contribution in [0.5, 0.6) is 0 Å². The predicted molar refractivity (Wildman–Crippen MR) is 81.3 cm³/mol. The Kier molecular flexibility index (Phi) is 6.83. The van der Waals surface area contributed by atoms with E-state index in [9.17, 15) is 8.42 Å². The third-order valence-electron chi connectivity index (χ3n) is 2.69. The molecular weight excluding hydrogens is 282 g/mol. The van der Waals surface area contributed by atoms with E-state index in [1.807, 2.05) is 0 Å². The monoisotopic (exact) mass is 303 g/mol. The van der Waals surface area contributed by atoms with Crippen molar-refractivity contribution in [3.05, 3.63) is 34.9 Å². The molecule has 0 unspecified atom stereocenters. The summed E-state index contributed by atoms with van der Waals surface area (Å²) in [5.41, 5.74) is 0.680. The number of benzene rings is 1. The van der Waals surface area contributed by atoms with Crippen LogP contribution in [0.15, 0.2) is 24.3 Å². The lowest BCUT2D eigenvalue weighted by Gasteiger charge is -2.08. The normalized spacial score (nSPS) is 12.0. The molecular formula is C14H22ClNO2S. The van der Waals surface area contributed by atoms with Gasteiger partial charge in [0.15, 0.2) is 9.84 Å². The van der Waals surface area contributed by atoms with Gasteiger partial charge >= 0.3 is 0 Å². The first-order valence-electron chi connectivity index (χ1n) is 6.55. The highest BCUT2D eigenvalue weighted by Crippen LogP contribution is 2.18. The summed E-state index contributed by atoms with van der Waals surface area (Å²) in [4.78, 5) is 0. The molecule has 108 valence electrons. The van der Waals surface area contributed by atoms with Crippen LogP contribution in [0, 0.1) is 5.92 Å². The molecule has 0 aliphatic rings. The standard InChI is InChI=1S/C14H22ClNO2S/c1-12(2)10-16-8-5-9-19(17,18)11-13-6-3-4-7-14(13)15/h3-4,6-7,12,16H,5,8-11H2,1-2H3. The zero-order valence-corrected chi connectivity index (χ0v) is 13.1. The molecule has 0 atom stereocenters. The largest absolute Gasteiger partial charge is 0.316 e. The molecule has 0 saturated carbocycles. The van der Waals surface area contributed by atoms with E-state index in [4.69, 9.17) is 11.6 Å². The lowest BCUT2D eigenvalue weighted by molar-refractivity contribution is 0.546. The molecule has 1 aromatic rings. The first-order valence-corrected chi connectivity index (χ1v) is 8.75. The van der Waals surface area contributed by atoms with Crippen LogP contribution in [0.25, 0.3) is 0 Å². The second-order valence-corrected chi connectivity index (χ2v) is 7.73. The summed E-state index contributed by atoms with van der Waals surface area (Å²) >= 11 is 5.97. The van der Waals surface area contributed by atoms with Crippen LogP contribution in [0.4, 0.5) is 0 Å². The summed E-state index contributed by atoms with van der Waals surface area (Å²) in [5, 5.41) is 3.76. The Balaban J connectivity index is 2.38. The van der Waals surface area contributed by atoms with Crippen LogP contribution in [0.1, 0.15) is 25.8 Å². The van der Waals surface area contributed by atoms with E-state index in [1.165, 1.54) is 0 Å². The van der Waals surface area contributed by atoms with E-state index in [0.29, 0.717) is 22.9 Å². The quantitative estimate of drug-likeness (QED) is 0.751. The van der Waals surface area contributed by atoms with Gasteiger partial charge in [0.2, 0.25) is 0 Å². The van der Waals surface area contributed by atoms with E-state index in [-0.39, 0.29) is 11.5 Å². The van der Waals surface area contributed by atoms with Gasteiger partial charge in [-0.15, -0.1) is 0 Å². The summed E-state index contributed by atoms with van der Waals surface area (Å²) in [6, 6.07) is 7.09. The first kappa shape index (κ1) is 16.5. The second kappa shape index (κ2) is 7.88. The van der Waals surface area contributed by atoms with Gasteiger partial charge in [-0.1, -0.05) is 43.6 Å². The molecule has 0 spiro atoms. The molecule has 0 saturated heterocycles. The molecule has 1 N–H and O–H groups in total. The molecule has 0 bridgehead atoms. The van der Waals surface area contributed by atoms with Crippen molar-refractivity contribution in [2.45, 2.75) is 26.0 Å². The van der Waals surface area contributed by atoms with E-state index in [1.54, 1.807) is 24.3 Å². The molecule has 0 fully saturated rings. The van der Waals surface area contributed by atoms with Crippen LogP contribution < -0.4 is 5.32 Å². The van der Waals surface area contributed by atoms with Crippen molar-refractivity contribution in [3.8, 4) is 0 Å². The third kappa shape index (κ3) is 6.95. The Bertz CT molecular complexity index is 486. The van der Waals surface area contributed by atoms with Gasteiger partial charge in [0.1, 0.15) is 0 Å². The Hall–Kier alpha value is -0.580. The van der Waals surface area contributed by atoms with Crippen LogP contribution in [-0.2, 0) is 15.6 Å². The van der Waals surface area contributed by atoms with Gasteiger partial charge in [-0.25, -0.2) is 8.42 Å². The van der Waals surface area contributed by atoms with Crippen molar-refractivity contribution < 1.29 is 8.42 Å². The van der Waals surface area contributed by atoms with Gasteiger partial charge in [-0.2, -0.15) is 0 Å². The number of hydrogen-bond acceptors (Lipinski definition) is 3. The van der Waals surface area contributed by atoms with Gasteiger partial charge in [-0.3, -0.25) is 0 Å². The maximum atomic E-state index is 12.0. The average molecular weight is 304 g/mol. The van der Waals surface area contributed by atoms with Crippen molar-refractivity contribution in [2.24, 2.45) is 5.92 Å². The predicted octanol–water partition coefficient (Wildman–Crippen LogP) is 2.89. The van der Waals surface area contributed by atoms with E-state index < -0.39 is 9.84 Å². The molecule has 0 aromatic heterocycles. The Morgan fingerprint density at radius 2 is 1.95 bits per heavy atom. The molecule has 19 heavy (non-hydrogen) atoms. The Morgan fingerprint density at radius 3 is 2.58 bits per heavy atom. The van der Waals surface area contributed by atoms with Crippen LogP contribution in [-0.4, -0.2) is 27.3 Å². The maximum Gasteiger partial charge on any atom is 0.154 e. The van der Waals surface area contributed by atoms with E-state index in [0.717, 1.165) is 13.1 Å². The van der Waals surface area contributed by atoms with Gasteiger partial charge in [0, 0.05) is 5.02 Å². The highest BCUT2D eigenvalue weighted by molar-refractivity contribution is 7.90. The number of rotatable bonds is 8. The van der Waals surface area contributed by atoms with Crippen LogP contribution in [0.2, 0.25) is 5.02 Å². The summed E-state index contributed by atoms with van der Waals surface area (Å²) in [7, 11) is -3.08. The molecule has 1 aromatic carbocycles. The van der Waals surface area contributed by atoms with Gasteiger partial charge < -0.3 is 5.32 Å². The first-order chi connectivity index (χ1) is 8.91. The molecule has 1 rings (SSSR count). The highest BCUT2D eigenvalue weighted by Gasteiger charge is 2.13. The summed E-state index contributed by atoms with van der Waals surface area (Å²) in [5.74, 6) is 0.805. The lowest BCUT2D eigenvalue weighted by Crippen LogP contribution is -2.23. The van der Waals surface area contributed by atoms with Gasteiger partial charge in [0.05, 0.1) is 11.5 Å². The summed E-state index contributed by atoms with van der Waals surface area (Å²) in [6.45, 7) is 5.91. The maximum absolute atomic E-state index is 12.0. The zero-order chi connectivity index (χ0) is 14.3. The SMILES string of the molecule is CC(C)CNCCCS(=O)(=O)Cc1ccccc1Cl. The lowest BCUT2D eigenvalue weighted by atomic mass is 10.2. The number of halogens is 1. The third-order valence-corrected chi connectivity index (χ3v) is 4.72. The van der Waals surface area contributed by atoms with Crippen molar-refractivity contribution in [1.29, 1.82) is 0 Å². The minimum Gasteiger partial charge on any atom is -0.316 e. The topological polar surface area (TPSA) is 46.2 Å². The second-order valence-electron chi connectivity index (χ2n) is 5.13. The minimum absolute atomic E-state index is 0.0247. The average Bonchev–Trinajstić information content (AvgIpc) is 2.31. The van der Waals surface area contributed by atoms with Crippen molar-refractivity contribution in [1.82, 2.24) is 5.32 Å². The summed E-state index contributed by atoms with van der Waals surface area (Å²) in [6.07, 6.45) is 0.638. The Morgan fingerprint density at radius 1 is 1.26 bits per heavy atom. The molecule has 5 heteroatoms. The molecule has 0 amide bonds. The van der Waals surface area contributed by atoms with Gasteiger partial charge in [0.25, 0.3) is 0 Å². The van der Waals surface area contributed by atoms with Crippen LogP contribution >= 0.6 is 11.6 Å². The Labute approximate surface area is 121 Å². The molecule has 3 nitrogen and oxygen atoms in total. The molecule has 0 aliphatic carbocycles. The van der Waals surface area contributed by atoms with E-state index >= 15 is 0 Å². The number of nitrogens with one attached hydrogen (secondary N) is 1. The molecule has 0 radical (unpaired) electrons. The fourth-order valence-corrected chi connectivity index (χ4v) is 3.47. The van der Waals surface area contributed by atoms with Crippen LogP contribution in [0.3, 0.4) is 0 Å². The smallest absolute Gasteiger partial charge is 0.154 e. The zero-order valence-electron chi connectivity index (χ0n) is 11.5. The fourth-order valence-electron chi connectivity index (χ4n) is 1.73. The fraction of sp³-hybridized carbons (Fsp3) is 0.571. The number of hydrogen-bond donors (Lipinski definition) is 1. The highest BCUT2D eigenvalue weighted by atomic mass is 35.5. The number of sulfone groups is 1. The molecule has 0 aliphatic heterocycles. The van der Waals surface area contributed by atoms with Gasteiger partial charge in [-0.05, 0) is 37.1 Å². The summed E-state index contributed by atoms with van der Waals surface area (Å²) < 4.78 is 23.9. The minimum atomic E-state index is -3.08. The van der Waals surface area contributed by atoms with E-state index in [2.05, 4.69) is 19.2 Å². The van der Waals surface area contributed by atoms with Crippen molar-refractivity contribution in [3.63, 3.8) is 0 Å². The van der Waals surface area contributed by atoms with Crippen molar-refractivity contribution in [2.75, 3.05) is 18.8 Å². The molecule has 0 heterocycles.